The molecule has 0 heterocycles. The van der Waals surface area contributed by atoms with Crippen LogP contribution < -0.4 is 0 Å². The smallest absolute Gasteiger partial charge is 0.168 e. The zero-order valence-corrected chi connectivity index (χ0v) is 4.22. The van der Waals surface area contributed by atoms with Crippen LogP contribution in [0.15, 0.2) is 0 Å². The van der Waals surface area contributed by atoms with E-state index < -0.39 is 6.10 Å². The number of carbonyl (C=O) groups excluding carboxylic acids is 1. The Hall–Kier alpha value is -0.370. The fourth-order valence-electron chi connectivity index (χ4n) is 0.701. The van der Waals surface area contributed by atoms with Gasteiger partial charge in [0.2, 0.25) is 0 Å². The van der Waals surface area contributed by atoms with Crippen molar-refractivity contribution in [2.45, 2.75) is 19.4 Å². The van der Waals surface area contributed by atoms with E-state index in [0.29, 0.717) is 0 Å². The predicted octanol–water partition coefficient (Wildman–Crippen LogP) is -0.0438. The second kappa shape index (κ2) is 1.30. The first-order chi connectivity index (χ1) is 3.27. The maximum absolute atomic E-state index is 10.2. The largest absolute Gasteiger partial charge is 0.385 e. The number of aliphatic hydroxyl groups excluding tert-OH is 1. The zero-order valence-electron chi connectivity index (χ0n) is 4.22. The third-order valence-corrected chi connectivity index (χ3v) is 1.37. The summed E-state index contributed by atoms with van der Waals surface area (Å²) in [4.78, 5) is 10.2. The second-order valence-electron chi connectivity index (χ2n) is 1.86. The number of carbonyl (C=O) groups is 1. The molecular formula is C5H8O2. The van der Waals surface area contributed by atoms with Crippen LogP contribution >= 0.6 is 0 Å². The van der Waals surface area contributed by atoms with Crippen LogP contribution in [0, 0.1) is 5.92 Å². The summed E-state index contributed by atoms with van der Waals surface area (Å²) in [5.41, 5.74) is 0. The molecule has 0 amide bonds. The molecule has 0 saturated heterocycles. The standard InChI is InChI=1S/C5H8O2/c1-2-3-4(6)5(3)7/h3-4,6H,2H2,1H3. The lowest BCUT2D eigenvalue weighted by Gasteiger charge is -1.75. The Kier molecular flexibility index (Phi) is 0.889. The number of aliphatic hydroxyl groups is 1. The molecule has 0 aromatic carbocycles. The first-order valence-electron chi connectivity index (χ1n) is 2.49. The maximum Gasteiger partial charge on any atom is 0.168 e. The molecule has 0 bridgehead atoms. The lowest BCUT2D eigenvalue weighted by Crippen LogP contribution is -1.80. The van der Waals surface area contributed by atoms with Gasteiger partial charge in [-0.1, -0.05) is 6.92 Å². The Morgan fingerprint density at radius 2 is 2.29 bits per heavy atom. The molecule has 1 rings (SSSR count). The van der Waals surface area contributed by atoms with Crippen LogP contribution in [0.25, 0.3) is 0 Å². The van der Waals surface area contributed by atoms with Crippen molar-refractivity contribution in [3.05, 3.63) is 0 Å². The SMILES string of the molecule is CCC1C(=O)C1O. The number of rotatable bonds is 1. The van der Waals surface area contributed by atoms with Gasteiger partial charge in [-0.2, -0.15) is 0 Å². The van der Waals surface area contributed by atoms with E-state index in [2.05, 4.69) is 0 Å². The summed E-state index contributed by atoms with van der Waals surface area (Å²) in [7, 11) is 0. The Labute approximate surface area is 42.1 Å². The van der Waals surface area contributed by atoms with Crippen molar-refractivity contribution < 1.29 is 9.90 Å². The van der Waals surface area contributed by atoms with Crippen molar-refractivity contribution >= 4 is 5.78 Å². The van der Waals surface area contributed by atoms with Crippen LogP contribution in [0.3, 0.4) is 0 Å². The normalized spacial score (nSPS) is 38.9. The monoisotopic (exact) mass is 100 g/mol. The van der Waals surface area contributed by atoms with E-state index in [0.717, 1.165) is 6.42 Å². The van der Waals surface area contributed by atoms with Crippen LogP contribution in [-0.4, -0.2) is 17.0 Å². The number of hydrogen-bond acceptors (Lipinski definition) is 2. The van der Waals surface area contributed by atoms with Crippen molar-refractivity contribution in [3.63, 3.8) is 0 Å². The lowest BCUT2D eigenvalue weighted by molar-refractivity contribution is -0.113. The van der Waals surface area contributed by atoms with Gasteiger partial charge in [0.25, 0.3) is 0 Å². The molecule has 2 nitrogen and oxygen atoms in total. The molecule has 1 aliphatic rings. The third-order valence-electron chi connectivity index (χ3n) is 1.37. The molecule has 1 aliphatic carbocycles. The van der Waals surface area contributed by atoms with Crippen LogP contribution in [0.4, 0.5) is 0 Å². The molecule has 40 valence electrons. The van der Waals surface area contributed by atoms with Gasteiger partial charge in [0.1, 0.15) is 6.10 Å². The van der Waals surface area contributed by atoms with Gasteiger partial charge in [0.05, 0.1) is 5.92 Å². The van der Waals surface area contributed by atoms with E-state index in [-0.39, 0.29) is 11.7 Å². The van der Waals surface area contributed by atoms with E-state index in [1.165, 1.54) is 0 Å². The molecule has 0 aliphatic heterocycles. The molecule has 0 aromatic heterocycles. The first-order valence-corrected chi connectivity index (χ1v) is 2.49. The molecule has 0 radical (unpaired) electrons. The van der Waals surface area contributed by atoms with E-state index in [9.17, 15) is 4.79 Å². The van der Waals surface area contributed by atoms with Crippen LogP contribution in [0.5, 0.6) is 0 Å². The molecule has 0 aromatic rings. The summed E-state index contributed by atoms with van der Waals surface area (Å²) in [6, 6.07) is 0. The van der Waals surface area contributed by atoms with E-state index in [1.54, 1.807) is 0 Å². The van der Waals surface area contributed by atoms with Gasteiger partial charge in [-0.05, 0) is 6.42 Å². The molecule has 2 heteroatoms. The maximum atomic E-state index is 10.2. The van der Waals surface area contributed by atoms with Gasteiger partial charge in [0.15, 0.2) is 5.78 Å². The van der Waals surface area contributed by atoms with E-state index in [4.69, 9.17) is 5.11 Å². The Morgan fingerprint density at radius 3 is 2.29 bits per heavy atom. The summed E-state index contributed by atoms with van der Waals surface area (Å²) in [5, 5.41) is 8.55. The summed E-state index contributed by atoms with van der Waals surface area (Å²) >= 11 is 0. The molecular weight excluding hydrogens is 92.1 g/mol. The van der Waals surface area contributed by atoms with Crippen molar-refractivity contribution in [1.29, 1.82) is 0 Å². The van der Waals surface area contributed by atoms with Gasteiger partial charge < -0.3 is 5.11 Å². The van der Waals surface area contributed by atoms with Crippen molar-refractivity contribution in [3.8, 4) is 0 Å². The fourth-order valence-corrected chi connectivity index (χ4v) is 0.701. The first kappa shape index (κ1) is 4.78. The molecule has 7 heavy (non-hydrogen) atoms. The van der Waals surface area contributed by atoms with Crippen LogP contribution in [0.2, 0.25) is 0 Å². The highest BCUT2D eigenvalue weighted by Crippen LogP contribution is 2.27. The molecule has 2 unspecified atom stereocenters. The highest BCUT2D eigenvalue weighted by Gasteiger charge is 2.46. The number of Topliss-reactive ketones (excluding diaryl/α,β-unsaturated/α-hetero) is 1. The number of ketones is 1. The van der Waals surface area contributed by atoms with Crippen molar-refractivity contribution in [2.75, 3.05) is 0 Å². The highest BCUT2D eigenvalue weighted by atomic mass is 16.3. The summed E-state index contributed by atoms with van der Waals surface area (Å²) in [5.74, 6) is 0.00231. The highest BCUT2D eigenvalue weighted by molar-refractivity contribution is 6.01. The Balaban J connectivity index is 2.38. The van der Waals surface area contributed by atoms with Crippen LogP contribution in [0.1, 0.15) is 13.3 Å². The molecule has 1 fully saturated rings. The third kappa shape index (κ3) is 0.548. The summed E-state index contributed by atoms with van der Waals surface area (Å²) in [6.45, 7) is 1.90. The van der Waals surface area contributed by atoms with Gasteiger partial charge in [-0.15, -0.1) is 0 Å². The number of hydrogen-bond donors (Lipinski definition) is 1. The molecule has 0 spiro atoms. The predicted molar refractivity (Wildman–Crippen MR) is 24.8 cm³/mol. The van der Waals surface area contributed by atoms with Gasteiger partial charge in [0, 0.05) is 0 Å². The van der Waals surface area contributed by atoms with Gasteiger partial charge in [-0.3, -0.25) is 4.79 Å². The topological polar surface area (TPSA) is 37.3 Å². The Morgan fingerprint density at radius 1 is 1.86 bits per heavy atom. The average Bonchev–Trinajstić information content (AvgIpc) is 2.17. The van der Waals surface area contributed by atoms with Crippen LogP contribution in [-0.2, 0) is 4.79 Å². The van der Waals surface area contributed by atoms with E-state index >= 15 is 0 Å². The van der Waals surface area contributed by atoms with Gasteiger partial charge in [-0.25, -0.2) is 0 Å². The summed E-state index contributed by atoms with van der Waals surface area (Å²) in [6.07, 6.45) is 0.185. The summed E-state index contributed by atoms with van der Waals surface area (Å²) < 4.78 is 0. The van der Waals surface area contributed by atoms with Crippen molar-refractivity contribution in [1.82, 2.24) is 0 Å². The van der Waals surface area contributed by atoms with E-state index in [1.807, 2.05) is 6.92 Å². The molecule has 1 saturated carbocycles. The quantitative estimate of drug-likeness (QED) is 0.502. The van der Waals surface area contributed by atoms with Crippen molar-refractivity contribution in [2.24, 2.45) is 5.92 Å². The molecule has 2 atom stereocenters. The minimum absolute atomic E-state index is 0.0139. The second-order valence-corrected chi connectivity index (χ2v) is 1.86. The molecule has 1 N–H and O–H groups in total. The van der Waals surface area contributed by atoms with Gasteiger partial charge >= 0.3 is 0 Å². The zero-order chi connectivity index (χ0) is 5.44. The minimum Gasteiger partial charge on any atom is -0.385 e. The Bertz CT molecular complexity index is 98.3. The minimum atomic E-state index is -0.606. The lowest BCUT2D eigenvalue weighted by atomic mass is 10.3. The average molecular weight is 100 g/mol. The fraction of sp³-hybridized carbons (Fsp3) is 0.800.